The summed E-state index contributed by atoms with van der Waals surface area (Å²) in [6, 6.07) is 6.22. The Morgan fingerprint density at radius 2 is 2.40 bits per heavy atom. The van der Waals surface area contributed by atoms with Crippen LogP contribution in [0.15, 0.2) is 24.4 Å². The molecule has 1 atom stereocenters. The highest BCUT2D eigenvalue weighted by atomic mass is 32.1. The van der Waals surface area contributed by atoms with Crippen molar-refractivity contribution >= 4 is 16.3 Å². The number of thiazole rings is 1. The number of rotatable bonds is 2. The van der Waals surface area contributed by atoms with Crippen molar-refractivity contribution in [1.29, 1.82) is 0 Å². The van der Waals surface area contributed by atoms with Crippen LogP contribution >= 0.6 is 11.3 Å². The second-order valence-electron chi connectivity index (χ2n) is 4.88. The van der Waals surface area contributed by atoms with Crippen molar-refractivity contribution in [1.82, 2.24) is 24.9 Å². The van der Waals surface area contributed by atoms with Gasteiger partial charge < -0.3 is 5.32 Å². The zero-order valence-electron chi connectivity index (χ0n) is 11.2. The Bertz CT molecular complexity index is 746. The lowest BCUT2D eigenvalue weighted by Crippen LogP contribution is -2.30. The highest BCUT2D eigenvalue weighted by Gasteiger charge is 2.28. The van der Waals surface area contributed by atoms with Gasteiger partial charge in [-0.05, 0) is 12.1 Å². The topological polar surface area (TPSA) is 55.1 Å². The second-order valence-corrected chi connectivity index (χ2v) is 5.89. The molecular formula is C14H15N5S. The Kier molecular flexibility index (Phi) is 2.78. The minimum Gasteiger partial charge on any atom is -0.304 e. The van der Waals surface area contributed by atoms with Gasteiger partial charge in [0.05, 0.1) is 22.3 Å². The molecule has 5 nitrogen and oxygen atoms in total. The third kappa shape index (κ3) is 1.76. The van der Waals surface area contributed by atoms with Gasteiger partial charge in [-0.1, -0.05) is 24.3 Å². The van der Waals surface area contributed by atoms with E-state index in [1.165, 1.54) is 10.6 Å². The maximum atomic E-state index is 4.60. The van der Waals surface area contributed by atoms with Crippen molar-refractivity contribution in [3.05, 3.63) is 46.5 Å². The molecule has 0 aromatic carbocycles. The van der Waals surface area contributed by atoms with Crippen molar-refractivity contribution in [3.63, 3.8) is 0 Å². The Labute approximate surface area is 120 Å². The van der Waals surface area contributed by atoms with Gasteiger partial charge in [0.1, 0.15) is 0 Å². The molecule has 4 heterocycles. The fourth-order valence-electron chi connectivity index (χ4n) is 2.66. The van der Waals surface area contributed by atoms with Crippen LogP contribution in [0.3, 0.4) is 0 Å². The van der Waals surface area contributed by atoms with Crippen molar-refractivity contribution in [2.45, 2.75) is 25.8 Å². The van der Waals surface area contributed by atoms with E-state index < -0.39 is 0 Å². The number of aryl methyl sites for hydroxylation is 1. The number of nitrogens with one attached hydrogen (secondary N) is 1. The SMILES string of the molecule is CCc1nc2sc3c(n2n1)CCNC3c1ccccn1. The summed E-state index contributed by atoms with van der Waals surface area (Å²) in [7, 11) is 0. The van der Waals surface area contributed by atoms with Gasteiger partial charge in [0.25, 0.3) is 0 Å². The van der Waals surface area contributed by atoms with Crippen molar-refractivity contribution in [2.24, 2.45) is 0 Å². The largest absolute Gasteiger partial charge is 0.304 e. The molecule has 1 aliphatic rings. The summed E-state index contributed by atoms with van der Waals surface area (Å²) in [5, 5.41) is 8.15. The summed E-state index contributed by atoms with van der Waals surface area (Å²) in [5.41, 5.74) is 2.35. The molecule has 20 heavy (non-hydrogen) atoms. The van der Waals surface area contributed by atoms with E-state index in [4.69, 9.17) is 0 Å². The molecule has 1 unspecified atom stereocenters. The van der Waals surface area contributed by atoms with Crippen LogP contribution in [0.1, 0.15) is 35.1 Å². The highest BCUT2D eigenvalue weighted by molar-refractivity contribution is 7.17. The molecule has 0 bridgehead atoms. The van der Waals surface area contributed by atoms with Gasteiger partial charge in [0, 0.05) is 25.6 Å². The quantitative estimate of drug-likeness (QED) is 0.782. The minimum atomic E-state index is 0.165. The Hall–Kier alpha value is -1.79. The fourth-order valence-corrected chi connectivity index (χ4v) is 3.87. The first-order valence-corrected chi connectivity index (χ1v) is 7.70. The molecule has 0 aliphatic carbocycles. The number of hydrogen-bond acceptors (Lipinski definition) is 5. The first-order chi connectivity index (χ1) is 9.86. The lowest BCUT2D eigenvalue weighted by molar-refractivity contribution is 0.551. The summed E-state index contributed by atoms with van der Waals surface area (Å²) in [6.45, 7) is 3.03. The molecule has 1 N–H and O–H groups in total. The average molecular weight is 285 g/mol. The lowest BCUT2D eigenvalue weighted by Gasteiger charge is -2.22. The number of pyridine rings is 1. The zero-order valence-corrected chi connectivity index (χ0v) is 12.0. The Morgan fingerprint density at radius 1 is 1.45 bits per heavy atom. The van der Waals surface area contributed by atoms with Crippen LogP contribution in [0.2, 0.25) is 0 Å². The average Bonchev–Trinajstić information content (AvgIpc) is 3.05. The maximum Gasteiger partial charge on any atom is 0.212 e. The van der Waals surface area contributed by atoms with Crippen LogP contribution in [0, 0.1) is 0 Å². The van der Waals surface area contributed by atoms with E-state index in [9.17, 15) is 0 Å². The molecular weight excluding hydrogens is 270 g/mol. The lowest BCUT2D eigenvalue weighted by atomic mass is 10.0. The molecule has 1 aliphatic heterocycles. The predicted octanol–water partition coefficient (Wildman–Crippen LogP) is 1.98. The van der Waals surface area contributed by atoms with Crippen LogP contribution in [-0.4, -0.2) is 26.1 Å². The van der Waals surface area contributed by atoms with E-state index in [2.05, 4.69) is 33.4 Å². The molecule has 102 valence electrons. The summed E-state index contributed by atoms with van der Waals surface area (Å²) in [4.78, 5) is 11.4. The van der Waals surface area contributed by atoms with Gasteiger partial charge in [-0.3, -0.25) is 4.98 Å². The van der Waals surface area contributed by atoms with E-state index >= 15 is 0 Å². The molecule has 0 amide bonds. The first-order valence-electron chi connectivity index (χ1n) is 6.88. The highest BCUT2D eigenvalue weighted by Crippen LogP contribution is 2.34. The number of fused-ring (bicyclic) bond motifs is 3. The van der Waals surface area contributed by atoms with E-state index in [1.807, 2.05) is 22.8 Å². The summed E-state index contributed by atoms with van der Waals surface area (Å²) < 4.78 is 2.02. The van der Waals surface area contributed by atoms with Gasteiger partial charge in [-0.15, -0.1) is 0 Å². The number of hydrogen-bond donors (Lipinski definition) is 1. The molecule has 6 heteroatoms. The minimum absolute atomic E-state index is 0.165. The molecule has 0 saturated carbocycles. The Balaban J connectivity index is 1.85. The van der Waals surface area contributed by atoms with Crippen molar-refractivity contribution < 1.29 is 0 Å². The summed E-state index contributed by atoms with van der Waals surface area (Å²) >= 11 is 1.73. The third-order valence-electron chi connectivity index (χ3n) is 3.63. The van der Waals surface area contributed by atoms with Gasteiger partial charge in [-0.25, -0.2) is 9.50 Å². The van der Waals surface area contributed by atoms with Crippen LogP contribution < -0.4 is 5.32 Å². The monoisotopic (exact) mass is 285 g/mol. The van der Waals surface area contributed by atoms with Crippen LogP contribution in [0.4, 0.5) is 0 Å². The second kappa shape index (κ2) is 4.64. The maximum absolute atomic E-state index is 4.60. The molecule has 3 aromatic heterocycles. The smallest absolute Gasteiger partial charge is 0.212 e. The normalized spacial score (nSPS) is 18.4. The number of nitrogens with zero attached hydrogens (tertiary/aromatic N) is 4. The molecule has 4 rings (SSSR count). The molecule has 0 radical (unpaired) electrons. The summed E-state index contributed by atoms with van der Waals surface area (Å²) in [5.74, 6) is 0.923. The van der Waals surface area contributed by atoms with Crippen LogP contribution in [0.25, 0.3) is 4.96 Å². The van der Waals surface area contributed by atoms with Crippen molar-refractivity contribution in [2.75, 3.05) is 6.54 Å². The van der Waals surface area contributed by atoms with E-state index in [0.717, 1.165) is 35.9 Å². The Morgan fingerprint density at radius 3 is 3.20 bits per heavy atom. The molecule has 3 aromatic rings. The molecule has 0 saturated heterocycles. The van der Waals surface area contributed by atoms with Crippen molar-refractivity contribution in [3.8, 4) is 0 Å². The van der Waals surface area contributed by atoms with E-state index in [-0.39, 0.29) is 6.04 Å². The van der Waals surface area contributed by atoms with E-state index in [0.29, 0.717) is 0 Å². The van der Waals surface area contributed by atoms with Crippen LogP contribution in [0.5, 0.6) is 0 Å². The van der Waals surface area contributed by atoms with Gasteiger partial charge in [0.2, 0.25) is 4.96 Å². The van der Waals surface area contributed by atoms with Gasteiger partial charge in [0.15, 0.2) is 5.82 Å². The molecule has 0 spiro atoms. The number of aromatic nitrogens is 4. The van der Waals surface area contributed by atoms with E-state index in [1.54, 1.807) is 11.3 Å². The molecule has 0 fully saturated rings. The van der Waals surface area contributed by atoms with Gasteiger partial charge in [-0.2, -0.15) is 5.10 Å². The summed E-state index contributed by atoms with van der Waals surface area (Å²) in [6.07, 6.45) is 3.72. The third-order valence-corrected chi connectivity index (χ3v) is 4.77. The standard InChI is InChI=1S/C14H15N5S/c1-2-11-17-14-19(18-11)10-6-8-16-12(13(10)20-14)9-5-3-4-7-15-9/h3-5,7,12,16H,2,6,8H2,1H3. The fraction of sp³-hybridized carbons (Fsp3) is 0.357. The van der Waals surface area contributed by atoms with Gasteiger partial charge >= 0.3 is 0 Å². The first kappa shape index (κ1) is 12.0. The predicted molar refractivity (Wildman–Crippen MR) is 78.0 cm³/mol. The zero-order chi connectivity index (χ0) is 13.5. The van der Waals surface area contributed by atoms with Crippen LogP contribution in [-0.2, 0) is 12.8 Å².